The molecule has 3 rings (SSSR count). The number of benzene rings is 2. The van der Waals surface area contributed by atoms with Gasteiger partial charge in [-0.2, -0.15) is 0 Å². The van der Waals surface area contributed by atoms with E-state index in [-0.39, 0.29) is 12.5 Å². The average Bonchev–Trinajstić information content (AvgIpc) is 2.60. The van der Waals surface area contributed by atoms with Gasteiger partial charge < -0.3 is 9.84 Å². The van der Waals surface area contributed by atoms with Crippen molar-refractivity contribution in [3.8, 4) is 16.9 Å². The van der Waals surface area contributed by atoms with Crippen LogP contribution in [0.2, 0.25) is 0 Å². The molecule has 0 fully saturated rings. The zero-order valence-electron chi connectivity index (χ0n) is 13.7. The number of hydrogen-bond acceptors (Lipinski definition) is 3. The first-order valence-corrected chi connectivity index (χ1v) is 7.82. The lowest BCUT2D eigenvalue weighted by atomic mass is 9.91. The van der Waals surface area contributed by atoms with Crippen molar-refractivity contribution in [3.63, 3.8) is 0 Å². The maximum Gasteiger partial charge on any atom is 0.118 e. The van der Waals surface area contributed by atoms with Crippen molar-refractivity contribution in [1.82, 2.24) is 4.98 Å². The summed E-state index contributed by atoms with van der Waals surface area (Å²) >= 11 is 0. The minimum absolute atomic E-state index is 0.0211. The first-order chi connectivity index (χ1) is 11.2. The van der Waals surface area contributed by atoms with Gasteiger partial charge in [0.25, 0.3) is 0 Å². The van der Waals surface area contributed by atoms with Crippen molar-refractivity contribution < 1.29 is 9.84 Å². The highest BCUT2D eigenvalue weighted by atomic mass is 16.5. The van der Waals surface area contributed by atoms with Gasteiger partial charge in [0, 0.05) is 16.6 Å². The maximum atomic E-state index is 10.0. The van der Waals surface area contributed by atoms with Crippen molar-refractivity contribution in [2.45, 2.75) is 26.4 Å². The average molecular weight is 307 g/mol. The van der Waals surface area contributed by atoms with E-state index < -0.39 is 0 Å². The molecule has 1 N–H and O–H groups in total. The molecule has 118 valence electrons. The molecule has 3 heteroatoms. The lowest BCUT2D eigenvalue weighted by molar-refractivity contribution is 0.280. The Balaban J connectivity index is 2.35. The summed E-state index contributed by atoms with van der Waals surface area (Å²) in [5.41, 5.74) is 4.94. The van der Waals surface area contributed by atoms with Gasteiger partial charge in [0.15, 0.2) is 0 Å². The molecule has 2 aromatic carbocycles. The second kappa shape index (κ2) is 6.39. The predicted molar refractivity (Wildman–Crippen MR) is 93.7 cm³/mol. The number of aromatic nitrogens is 1. The van der Waals surface area contributed by atoms with Crippen LogP contribution >= 0.6 is 0 Å². The SMILES string of the molecule is COc1ccc(-c2c(CO)c(C(C)C)nc3ccccc23)cc1. The van der Waals surface area contributed by atoms with Crippen LogP contribution in [0.4, 0.5) is 0 Å². The van der Waals surface area contributed by atoms with E-state index in [2.05, 4.69) is 19.9 Å². The summed E-state index contributed by atoms with van der Waals surface area (Å²) < 4.78 is 5.25. The van der Waals surface area contributed by atoms with E-state index in [1.807, 2.05) is 42.5 Å². The monoisotopic (exact) mass is 307 g/mol. The summed E-state index contributed by atoms with van der Waals surface area (Å²) in [5, 5.41) is 11.1. The van der Waals surface area contributed by atoms with E-state index in [1.54, 1.807) is 7.11 Å². The molecule has 0 bridgehead atoms. The van der Waals surface area contributed by atoms with Crippen molar-refractivity contribution in [3.05, 3.63) is 59.8 Å². The zero-order valence-corrected chi connectivity index (χ0v) is 13.7. The van der Waals surface area contributed by atoms with Crippen LogP contribution in [-0.4, -0.2) is 17.2 Å². The van der Waals surface area contributed by atoms with Gasteiger partial charge in [-0.3, -0.25) is 4.98 Å². The summed E-state index contributed by atoms with van der Waals surface area (Å²) in [4.78, 5) is 4.78. The van der Waals surface area contributed by atoms with Crippen molar-refractivity contribution in [1.29, 1.82) is 0 Å². The molecule has 0 radical (unpaired) electrons. The Kier molecular flexibility index (Phi) is 4.30. The van der Waals surface area contributed by atoms with Gasteiger partial charge >= 0.3 is 0 Å². The number of ether oxygens (including phenoxy) is 1. The summed E-state index contributed by atoms with van der Waals surface area (Å²) in [6.45, 7) is 4.19. The van der Waals surface area contributed by atoms with E-state index in [0.29, 0.717) is 0 Å². The van der Waals surface area contributed by atoms with E-state index in [9.17, 15) is 5.11 Å². The topological polar surface area (TPSA) is 42.4 Å². The normalized spacial score (nSPS) is 11.2. The van der Waals surface area contributed by atoms with Crippen LogP contribution in [-0.2, 0) is 6.61 Å². The molecule has 0 aliphatic rings. The minimum atomic E-state index is -0.0211. The first kappa shape index (κ1) is 15.5. The van der Waals surface area contributed by atoms with Crippen molar-refractivity contribution in [2.75, 3.05) is 7.11 Å². The van der Waals surface area contributed by atoms with E-state index in [4.69, 9.17) is 9.72 Å². The Morgan fingerprint density at radius 3 is 2.35 bits per heavy atom. The van der Waals surface area contributed by atoms with Crippen LogP contribution in [0.25, 0.3) is 22.0 Å². The summed E-state index contributed by atoms with van der Waals surface area (Å²) in [6.07, 6.45) is 0. The number of para-hydroxylation sites is 1. The third-order valence-corrected chi connectivity index (χ3v) is 4.11. The quantitative estimate of drug-likeness (QED) is 0.770. The lowest BCUT2D eigenvalue weighted by Crippen LogP contribution is -2.04. The van der Waals surface area contributed by atoms with E-state index in [1.165, 1.54) is 0 Å². The Hall–Kier alpha value is -2.39. The number of fused-ring (bicyclic) bond motifs is 1. The number of aliphatic hydroxyl groups is 1. The molecular formula is C20H21NO2. The molecule has 0 saturated heterocycles. The van der Waals surface area contributed by atoms with Crippen molar-refractivity contribution in [2.24, 2.45) is 0 Å². The van der Waals surface area contributed by atoms with Crippen LogP contribution in [0.1, 0.15) is 31.0 Å². The number of aliphatic hydroxyl groups excluding tert-OH is 1. The third kappa shape index (κ3) is 2.80. The van der Waals surface area contributed by atoms with Crippen LogP contribution in [0.5, 0.6) is 5.75 Å². The smallest absolute Gasteiger partial charge is 0.118 e. The predicted octanol–water partition coefficient (Wildman–Crippen LogP) is 4.53. The Morgan fingerprint density at radius 1 is 1.04 bits per heavy atom. The highest BCUT2D eigenvalue weighted by molar-refractivity contribution is 5.96. The summed E-state index contributed by atoms with van der Waals surface area (Å²) in [5.74, 6) is 1.07. The largest absolute Gasteiger partial charge is 0.497 e. The zero-order chi connectivity index (χ0) is 16.4. The Labute approximate surface area is 136 Å². The number of nitrogens with zero attached hydrogens (tertiary/aromatic N) is 1. The van der Waals surface area contributed by atoms with Gasteiger partial charge in [-0.05, 0) is 35.2 Å². The summed E-state index contributed by atoms with van der Waals surface area (Å²) in [7, 11) is 1.66. The molecule has 3 nitrogen and oxygen atoms in total. The fourth-order valence-corrected chi connectivity index (χ4v) is 3.00. The molecule has 0 aliphatic heterocycles. The fraction of sp³-hybridized carbons (Fsp3) is 0.250. The first-order valence-electron chi connectivity index (χ1n) is 7.82. The van der Waals surface area contributed by atoms with Crippen LogP contribution < -0.4 is 4.74 Å². The molecule has 23 heavy (non-hydrogen) atoms. The third-order valence-electron chi connectivity index (χ3n) is 4.11. The molecular weight excluding hydrogens is 286 g/mol. The van der Waals surface area contributed by atoms with Crippen molar-refractivity contribution >= 4 is 10.9 Å². The molecule has 0 amide bonds. The standard InChI is InChI=1S/C20H21NO2/c1-13(2)20-17(12-22)19(14-8-10-15(23-3)11-9-14)16-6-4-5-7-18(16)21-20/h4-11,13,22H,12H2,1-3H3. The number of hydrogen-bond donors (Lipinski definition) is 1. The highest BCUT2D eigenvalue weighted by Crippen LogP contribution is 2.36. The van der Waals surface area contributed by atoms with E-state index >= 15 is 0 Å². The van der Waals surface area contributed by atoms with E-state index in [0.717, 1.165) is 39.0 Å². The second-order valence-electron chi connectivity index (χ2n) is 5.91. The fourth-order valence-electron chi connectivity index (χ4n) is 3.00. The number of rotatable bonds is 4. The molecule has 0 atom stereocenters. The Bertz CT molecular complexity index is 823. The van der Waals surface area contributed by atoms with Gasteiger partial charge in [-0.25, -0.2) is 0 Å². The van der Waals surface area contributed by atoms with Crippen LogP contribution in [0.3, 0.4) is 0 Å². The van der Waals surface area contributed by atoms with Gasteiger partial charge in [0.1, 0.15) is 5.75 Å². The van der Waals surface area contributed by atoms with Gasteiger partial charge in [-0.1, -0.05) is 44.2 Å². The molecule has 3 aromatic rings. The summed E-state index contributed by atoms with van der Waals surface area (Å²) in [6, 6.07) is 16.0. The number of pyridine rings is 1. The molecule has 0 unspecified atom stereocenters. The molecule has 1 aromatic heterocycles. The molecule has 0 aliphatic carbocycles. The van der Waals surface area contributed by atoms with Crippen LogP contribution in [0.15, 0.2) is 48.5 Å². The van der Waals surface area contributed by atoms with Gasteiger partial charge in [0.2, 0.25) is 0 Å². The van der Waals surface area contributed by atoms with Crippen LogP contribution in [0, 0.1) is 0 Å². The van der Waals surface area contributed by atoms with Gasteiger partial charge in [0.05, 0.1) is 19.2 Å². The lowest BCUT2D eigenvalue weighted by Gasteiger charge is -2.18. The van der Waals surface area contributed by atoms with Gasteiger partial charge in [-0.15, -0.1) is 0 Å². The second-order valence-corrected chi connectivity index (χ2v) is 5.91. The maximum absolute atomic E-state index is 10.0. The molecule has 0 spiro atoms. The Morgan fingerprint density at radius 2 is 1.74 bits per heavy atom. The highest BCUT2D eigenvalue weighted by Gasteiger charge is 2.17. The number of methoxy groups -OCH3 is 1. The minimum Gasteiger partial charge on any atom is -0.497 e. The molecule has 1 heterocycles. The molecule has 0 saturated carbocycles.